The van der Waals surface area contributed by atoms with Gasteiger partial charge in [0.25, 0.3) is 0 Å². The summed E-state index contributed by atoms with van der Waals surface area (Å²) in [5, 5.41) is 3.29. The molecule has 1 N–H and O–H groups in total. The highest BCUT2D eigenvalue weighted by Crippen LogP contribution is 2.31. The van der Waals surface area contributed by atoms with Gasteiger partial charge >= 0.3 is 6.18 Å². The molecule has 0 radical (unpaired) electrons. The Morgan fingerprint density at radius 3 is 2.48 bits per heavy atom. The fourth-order valence-electron chi connectivity index (χ4n) is 2.22. The highest BCUT2D eigenvalue weighted by molar-refractivity contribution is 7.12. The van der Waals surface area contributed by atoms with Gasteiger partial charge in [-0.15, -0.1) is 11.3 Å². The van der Waals surface area contributed by atoms with E-state index in [-0.39, 0.29) is 6.04 Å². The zero-order valence-corrected chi connectivity index (χ0v) is 13.0. The Hall–Kier alpha value is -1.33. The second-order valence-electron chi connectivity index (χ2n) is 5.16. The van der Waals surface area contributed by atoms with Crippen LogP contribution in [0, 0.1) is 13.8 Å². The Kier molecular flexibility index (Phi) is 4.74. The topological polar surface area (TPSA) is 12.0 Å². The predicted octanol–water partition coefficient (Wildman–Crippen LogP) is 5.23. The molecule has 0 aliphatic rings. The third kappa shape index (κ3) is 4.08. The Bertz CT molecular complexity index is 616. The van der Waals surface area contributed by atoms with E-state index in [1.165, 1.54) is 27.5 Å². The van der Waals surface area contributed by atoms with Gasteiger partial charge in [0.05, 0.1) is 5.56 Å². The zero-order chi connectivity index (χ0) is 15.6. The second kappa shape index (κ2) is 6.20. The molecule has 0 aliphatic heterocycles. The molecule has 0 bridgehead atoms. The lowest BCUT2D eigenvalue weighted by atomic mass is 10.0. The first-order valence-electron chi connectivity index (χ1n) is 6.74. The van der Waals surface area contributed by atoms with Gasteiger partial charge in [-0.1, -0.05) is 12.1 Å². The summed E-state index contributed by atoms with van der Waals surface area (Å²) in [4.78, 5) is 2.49. The highest BCUT2D eigenvalue weighted by Gasteiger charge is 2.30. The van der Waals surface area contributed by atoms with Gasteiger partial charge in [-0.05, 0) is 50.1 Å². The van der Waals surface area contributed by atoms with Gasteiger partial charge in [0.2, 0.25) is 0 Å². The summed E-state index contributed by atoms with van der Waals surface area (Å²) < 4.78 is 38.2. The summed E-state index contributed by atoms with van der Waals surface area (Å²) in [5.74, 6) is 0. The van der Waals surface area contributed by atoms with Crippen LogP contribution in [0.5, 0.6) is 0 Å². The van der Waals surface area contributed by atoms with Crippen LogP contribution in [-0.4, -0.2) is 0 Å². The third-order valence-electron chi connectivity index (χ3n) is 3.46. The normalized spacial score (nSPS) is 13.4. The summed E-state index contributed by atoms with van der Waals surface area (Å²) in [6.07, 6.45) is -4.29. The molecule has 5 heteroatoms. The van der Waals surface area contributed by atoms with Crippen molar-refractivity contribution in [1.29, 1.82) is 0 Å². The highest BCUT2D eigenvalue weighted by atomic mass is 32.1. The number of hydrogen-bond acceptors (Lipinski definition) is 2. The van der Waals surface area contributed by atoms with Crippen molar-refractivity contribution < 1.29 is 13.2 Å². The number of benzene rings is 1. The molecule has 1 nitrogen and oxygen atoms in total. The monoisotopic (exact) mass is 313 g/mol. The summed E-state index contributed by atoms with van der Waals surface area (Å²) in [5.41, 5.74) is 1.25. The van der Waals surface area contributed by atoms with Crippen LogP contribution >= 0.6 is 11.3 Å². The molecular weight excluding hydrogens is 295 g/mol. The maximum atomic E-state index is 12.7. The quantitative estimate of drug-likeness (QED) is 0.814. The Morgan fingerprint density at radius 1 is 1.19 bits per heavy atom. The Labute approximate surface area is 126 Å². The molecule has 0 fully saturated rings. The zero-order valence-electron chi connectivity index (χ0n) is 12.2. The van der Waals surface area contributed by atoms with Gasteiger partial charge in [0, 0.05) is 22.3 Å². The van der Waals surface area contributed by atoms with E-state index >= 15 is 0 Å². The third-order valence-corrected chi connectivity index (χ3v) is 4.46. The van der Waals surface area contributed by atoms with Crippen LogP contribution in [-0.2, 0) is 12.7 Å². The minimum absolute atomic E-state index is 0.132. The Balaban J connectivity index is 2.07. The van der Waals surface area contributed by atoms with Crippen LogP contribution in [0.3, 0.4) is 0 Å². The molecule has 0 saturated carbocycles. The molecule has 114 valence electrons. The van der Waals surface area contributed by atoms with E-state index in [9.17, 15) is 13.2 Å². The molecule has 1 aromatic heterocycles. The first-order valence-corrected chi connectivity index (χ1v) is 7.55. The van der Waals surface area contributed by atoms with Crippen molar-refractivity contribution in [3.8, 4) is 0 Å². The van der Waals surface area contributed by atoms with Crippen LogP contribution in [0.1, 0.15) is 39.4 Å². The summed E-state index contributed by atoms with van der Waals surface area (Å²) in [6.45, 7) is 6.65. The average molecular weight is 313 g/mol. The number of alkyl halides is 3. The summed E-state index contributed by atoms with van der Waals surface area (Å²) >= 11 is 1.73. The van der Waals surface area contributed by atoms with Crippen LogP contribution in [0.25, 0.3) is 0 Å². The van der Waals surface area contributed by atoms with E-state index < -0.39 is 11.7 Å². The molecule has 21 heavy (non-hydrogen) atoms. The number of rotatable bonds is 4. The number of nitrogens with one attached hydrogen (secondary N) is 1. The van der Waals surface area contributed by atoms with Gasteiger partial charge in [-0.25, -0.2) is 0 Å². The van der Waals surface area contributed by atoms with Crippen molar-refractivity contribution in [2.45, 2.75) is 39.5 Å². The van der Waals surface area contributed by atoms with E-state index in [4.69, 9.17) is 0 Å². The van der Waals surface area contributed by atoms with Crippen molar-refractivity contribution in [1.82, 2.24) is 5.32 Å². The second-order valence-corrected chi connectivity index (χ2v) is 6.62. The van der Waals surface area contributed by atoms with E-state index in [1.807, 2.05) is 6.92 Å². The minimum atomic E-state index is -4.29. The van der Waals surface area contributed by atoms with Crippen molar-refractivity contribution in [3.05, 3.63) is 56.8 Å². The van der Waals surface area contributed by atoms with E-state index in [1.54, 1.807) is 17.4 Å². The molecule has 2 rings (SSSR count). The van der Waals surface area contributed by atoms with E-state index in [2.05, 4.69) is 25.2 Å². The standard InChI is InChI=1S/C16H18F3NS/c1-10-7-14(12(3)21-10)9-20-11(2)13-5-4-6-15(8-13)16(17,18)19/h4-8,11,20H,9H2,1-3H3. The van der Waals surface area contributed by atoms with Crippen molar-refractivity contribution >= 4 is 11.3 Å². The van der Waals surface area contributed by atoms with Gasteiger partial charge < -0.3 is 5.32 Å². The van der Waals surface area contributed by atoms with Gasteiger partial charge in [0.1, 0.15) is 0 Å². The number of thiophene rings is 1. The molecule has 0 saturated heterocycles. The van der Waals surface area contributed by atoms with Crippen LogP contribution < -0.4 is 5.32 Å². The molecule has 1 heterocycles. The smallest absolute Gasteiger partial charge is 0.306 e. The van der Waals surface area contributed by atoms with Gasteiger partial charge in [-0.2, -0.15) is 13.2 Å². The maximum Gasteiger partial charge on any atom is 0.416 e. The first kappa shape index (κ1) is 16.0. The lowest BCUT2D eigenvalue weighted by Crippen LogP contribution is -2.18. The molecule has 0 spiro atoms. The average Bonchev–Trinajstić information content (AvgIpc) is 2.73. The fraction of sp³-hybridized carbons (Fsp3) is 0.375. The first-order chi connectivity index (χ1) is 9.77. The molecule has 1 aromatic carbocycles. The molecule has 1 atom stereocenters. The van der Waals surface area contributed by atoms with Crippen molar-refractivity contribution in [3.63, 3.8) is 0 Å². The number of aryl methyl sites for hydroxylation is 2. The van der Waals surface area contributed by atoms with Crippen molar-refractivity contribution in [2.24, 2.45) is 0 Å². The molecule has 0 aliphatic carbocycles. The molecular formula is C16H18F3NS. The van der Waals surface area contributed by atoms with Crippen LogP contribution in [0.2, 0.25) is 0 Å². The van der Waals surface area contributed by atoms with E-state index in [0.29, 0.717) is 12.1 Å². The fourth-order valence-corrected chi connectivity index (χ4v) is 3.17. The number of hydrogen-bond donors (Lipinski definition) is 1. The summed E-state index contributed by atoms with van der Waals surface area (Å²) in [6, 6.07) is 7.47. The lowest BCUT2D eigenvalue weighted by Gasteiger charge is -2.16. The van der Waals surface area contributed by atoms with Crippen LogP contribution in [0.15, 0.2) is 30.3 Å². The van der Waals surface area contributed by atoms with Crippen LogP contribution in [0.4, 0.5) is 13.2 Å². The largest absolute Gasteiger partial charge is 0.416 e. The predicted molar refractivity (Wildman–Crippen MR) is 80.5 cm³/mol. The Morgan fingerprint density at radius 2 is 1.90 bits per heavy atom. The molecule has 0 amide bonds. The SMILES string of the molecule is Cc1cc(CNC(C)c2cccc(C(F)(F)F)c2)c(C)s1. The van der Waals surface area contributed by atoms with Crippen molar-refractivity contribution in [2.75, 3.05) is 0 Å². The summed E-state index contributed by atoms with van der Waals surface area (Å²) in [7, 11) is 0. The van der Waals surface area contributed by atoms with Gasteiger partial charge in [0.15, 0.2) is 0 Å². The molecule has 1 unspecified atom stereocenters. The molecule has 2 aromatic rings. The lowest BCUT2D eigenvalue weighted by molar-refractivity contribution is -0.137. The van der Waals surface area contributed by atoms with Gasteiger partial charge in [-0.3, -0.25) is 0 Å². The minimum Gasteiger partial charge on any atom is -0.306 e. The van der Waals surface area contributed by atoms with E-state index in [0.717, 1.165) is 6.07 Å². The number of halogens is 3. The maximum absolute atomic E-state index is 12.7.